The molecule has 1 aliphatic rings. The number of thiophene rings is 1. The molecule has 2 rings (SSSR count). The third-order valence-electron chi connectivity index (χ3n) is 4.01. The first-order valence-electron chi connectivity index (χ1n) is 7.13. The lowest BCUT2D eigenvalue weighted by molar-refractivity contribution is -0.00499. The number of likely N-dealkylation sites (tertiary alicyclic amines) is 1. The zero-order valence-corrected chi connectivity index (χ0v) is 13.3. The Bertz CT molecular complexity index is 537. The monoisotopic (exact) mass is 307 g/mol. The van der Waals surface area contributed by atoms with E-state index in [2.05, 4.69) is 18.3 Å². The van der Waals surface area contributed by atoms with Gasteiger partial charge in [-0.05, 0) is 38.3 Å². The summed E-state index contributed by atoms with van der Waals surface area (Å²) in [6, 6.07) is 5.73. The van der Waals surface area contributed by atoms with Gasteiger partial charge in [0.05, 0.1) is 12.1 Å². The number of urea groups is 1. The molecule has 1 N–H and O–H groups in total. The summed E-state index contributed by atoms with van der Waals surface area (Å²) < 4.78 is 5.54. The van der Waals surface area contributed by atoms with Crippen molar-refractivity contribution in [3.63, 3.8) is 0 Å². The molecule has 0 spiro atoms. The van der Waals surface area contributed by atoms with Crippen LogP contribution in [-0.4, -0.2) is 36.7 Å². The van der Waals surface area contributed by atoms with Crippen molar-refractivity contribution in [1.29, 1.82) is 5.26 Å². The summed E-state index contributed by atoms with van der Waals surface area (Å²) >= 11 is 1.41. The van der Waals surface area contributed by atoms with Crippen molar-refractivity contribution >= 4 is 17.4 Å². The Morgan fingerprint density at radius 3 is 3.00 bits per heavy atom. The highest BCUT2D eigenvalue weighted by molar-refractivity contribution is 7.12. The van der Waals surface area contributed by atoms with Crippen LogP contribution in [0.5, 0.6) is 0 Å². The van der Waals surface area contributed by atoms with Gasteiger partial charge in [0.15, 0.2) is 0 Å². The molecule has 1 atom stereocenters. The van der Waals surface area contributed by atoms with Gasteiger partial charge < -0.3 is 15.0 Å². The van der Waals surface area contributed by atoms with E-state index in [9.17, 15) is 4.79 Å². The molecule has 114 valence electrons. The number of hydrogen-bond donors (Lipinski definition) is 1. The minimum Gasteiger partial charge on any atom is -0.378 e. The highest BCUT2D eigenvalue weighted by atomic mass is 32.1. The normalized spacial score (nSPS) is 22.4. The van der Waals surface area contributed by atoms with Crippen LogP contribution in [-0.2, 0) is 11.3 Å². The van der Waals surface area contributed by atoms with Gasteiger partial charge in [0.25, 0.3) is 0 Å². The van der Waals surface area contributed by atoms with Gasteiger partial charge in [0.2, 0.25) is 0 Å². The summed E-state index contributed by atoms with van der Waals surface area (Å²) in [5.74, 6) is 0. The summed E-state index contributed by atoms with van der Waals surface area (Å²) in [5.41, 5.74) is -0.121. The summed E-state index contributed by atoms with van der Waals surface area (Å²) in [6.45, 7) is 4.05. The maximum Gasteiger partial charge on any atom is 0.317 e. The SMILES string of the molecule is CO[C@@]1(C)CCCN(C(=O)NCc2ccc(C#N)s2)CC1. The number of methoxy groups -OCH3 is 1. The average molecular weight is 307 g/mol. The van der Waals surface area contributed by atoms with Crippen molar-refractivity contribution in [1.82, 2.24) is 10.2 Å². The van der Waals surface area contributed by atoms with Crippen LogP contribution < -0.4 is 5.32 Å². The first-order valence-corrected chi connectivity index (χ1v) is 7.95. The summed E-state index contributed by atoms with van der Waals surface area (Å²) in [5, 5.41) is 11.7. The van der Waals surface area contributed by atoms with E-state index in [1.807, 2.05) is 11.0 Å². The van der Waals surface area contributed by atoms with Crippen LogP contribution in [0.4, 0.5) is 4.79 Å². The Balaban J connectivity index is 1.84. The molecule has 0 aliphatic carbocycles. The topological polar surface area (TPSA) is 65.4 Å². The zero-order chi connectivity index (χ0) is 15.3. The molecule has 2 heterocycles. The predicted octanol–water partition coefficient (Wildman–Crippen LogP) is 2.72. The molecular formula is C15H21N3O2S. The van der Waals surface area contributed by atoms with Crippen LogP contribution in [0.3, 0.4) is 0 Å². The van der Waals surface area contributed by atoms with Gasteiger partial charge in [0.1, 0.15) is 10.9 Å². The molecule has 1 saturated heterocycles. The second kappa shape index (κ2) is 6.92. The van der Waals surface area contributed by atoms with E-state index in [1.165, 1.54) is 11.3 Å². The number of hydrogen-bond acceptors (Lipinski definition) is 4. The van der Waals surface area contributed by atoms with E-state index in [4.69, 9.17) is 10.00 Å². The smallest absolute Gasteiger partial charge is 0.317 e. The largest absolute Gasteiger partial charge is 0.378 e. The summed E-state index contributed by atoms with van der Waals surface area (Å²) in [4.78, 5) is 15.7. The van der Waals surface area contributed by atoms with Crippen LogP contribution in [0.25, 0.3) is 0 Å². The lowest BCUT2D eigenvalue weighted by atomic mass is 9.97. The molecule has 0 saturated carbocycles. The number of nitrogens with zero attached hydrogens (tertiary/aromatic N) is 2. The molecule has 0 bridgehead atoms. The van der Waals surface area contributed by atoms with Crippen LogP contribution in [0, 0.1) is 11.3 Å². The number of nitrogens with one attached hydrogen (secondary N) is 1. The van der Waals surface area contributed by atoms with Crippen LogP contribution in [0.15, 0.2) is 12.1 Å². The number of amides is 2. The van der Waals surface area contributed by atoms with Crippen molar-refractivity contribution in [3.05, 3.63) is 21.9 Å². The maximum absolute atomic E-state index is 12.2. The molecule has 2 amide bonds. The van der Waals surface area contributed by atoms with Crippen molar-refractivity contribution in [2.75, 3.05) is 20.2 Å². The first-order chi connectivity index (χ1) is 10.1. The number of ether oxygens (including phenoxy) is 1. The molecule has 1 aromatic heterocycles. The Kier molecular flexibility index (Phi) is 5.21. The molecule has 0 unspecified atom stereocenters. The molecule has 6 heteroatoms. The Morgan fingerprint density at radius 2 is 2.33 bits per heavy atom. The lowest BCUT2D eigenvalue weighted by Crippen LogP contribution is -2.40. The second-order valence-electron chi connectivity index (χ2n) is 5.53. The van der Waals surface area contributed by atoms with Gasteiger partial charge in [-0.3, -0.25) is 0 Å². The van der Waals surface area contributed by atoms with E-state index in [-0.39, 0.29) is 11.6 Å². The van der Waals surface area contributed by atoms with Gasteiger partial charge in [-0.15, -0.1) is 11.3 Å². The summed E-state index contributed by atoms with van der Waals surface area (Å²) in [6.07, 6.45) is 2.79. The van der Waals surface area contributed by atoms with E-state index < -0.39 is 0 Å². The van der Waals surface area contributed by atoms with E-state index >= 15 is 0 Å². The Hall–Kier alpha value is -1.58. The maximum atomic E-state index is 12.2. The minimum absolute atomic E-state index is 0.0396. The first kappa shape index (κ1) is 15.8. The van der Waals surface area contributed by atoms with Crippen molar-refractivity contribution in [3.8, 4) is 6.07 Å². The zero-order valence-electron chi connectivity index (χ0n) is 12.5. The molecule has 21 heavy (non-hydrogen) atoms. The van der Waals surface area contributed by atoms with Crippen LogP contribution in [0.2, 0.25) is 0 Å². The molecule has 5 nitrogen and oxygen atoms in total. The predicted molar refractivity (Wildman–Crippen MR) is 82.1 cm³/mol. The van der Waals surface area contributed by atoms with Gasteiger partial charge in [-0.25, -0.2) is 4.79 Å². The van der Waals surface area contributed by atoms with Crippen molar-refractivity contribution in [2.45, 2.75) is 38.3 Å². The van der Waals surface area contributed by atoms with Gasteiger partial charge in [0, 0.05) is 25.1 Å². The molecule has 0 aromatic carbocycles. The van der Waals surface area contributed by atoms with E-state index in [0.717, 1.165) is 30.7 Å². The highest BCUT2D eigenvalue weighted by Crippen LogP contribution is 2.25. The van der Waals surface area contributed by atoms with Crippen molar-refractivity contribution in [2.24, 2.45) is 0 Å². The van der Waals surface area contributed by atoms with Crippen molar-refractivity contribution < 1.29 is 9.53 Å². The van der Waals surface area contributed by atoms with Gasteiger partial charge >= 0.3 is 6.03 Å². The molecular weight excluding hydrogens is 286 g/mol. The number of carbonyl (C=O) groups is 1. The second-order valence-corrected chi connectivity index (χ2v) is 6.70. The molecule has 1 aromatic rings. The fourth-order valence-electron chi connectivity index (χ4n) is 2.47. The number of carbonyl (C=O) groups excluding carboxylic acids is 1. The quantitative estimate of drug-likeness (QED) is 0.933. The van der Waals surface area contributed by atoms with E-state index in [0.29, 0.717) is 18.0 Å². The third kappa shape index (κ3) is 4.19. The number of nitriles is 1. The van der Waals surface area contributed by atoms with Gasteiger partial charge in [-0.2, -0.15) is 5.26 Å². The third-order valence-corrected chi connectivity index (χ3v) is 5.00. The fraction of sp³-hybridized carbons (Fsp3) is 0.600. The van der Waals surface area contributed by atoms with Crippen LogP contribution in [0.1, 0.15) is 35.9 Å². The summed E-state index contributed by atoms with van der Waals surface area (Å²) in [7, 11) is 1.74. The molecule has 1 aliphatic heterocycles. The van der Waals surface area contributed by atoms with E-state index in [1.54, 1.807) is 13.2 Å². The Labute approximate surface area is 129 Å². The Morgan fingerprint density at radius 1 is 1.52 bits per heavy atom. The number of rotatable bonds is 3. The fourth-order valence-corrected chi connectivity index (χ4v) is 3.21. The minimum atomic E-state index is -0.121. The highest BCUT2D eigenvalue weighted by Gasteiger charge is 2.29. The standard InChI is InChI=1S/C15H21N3O2S/c1-15(20-2)6-3-8-18(9-7-15)14(19)17-11-13-5-4-12(10-16)21-13/h4-5H,3,6-9,11H2,1-2H3,(H,17,19)/t15-/m0/s1. The van der Waals surface area contributed by atoms with Crippen LogP contribution >= 0.6 is 11.3 Å². The molecule has 0 radical (unpaired) electrons. The van der Waals surface area contributed by atoms with Gasteiger partial charge in [-0.1, -0.05) is 0 Å². The average Bonchev–Trinajstić information content (AvgIpc) is 2.87. The lowest BCUT2D eigenvalue weighted by Gasteiger charge is -2.26. The molecule has 1 fully saturated rings.